The number of hydrogen-bond acceptors (Lipinski definition) is 2. The topological polar surface area (TPSA) is 63.3 Å². The number of aliphatic carboxylic acids is 1. The maximum atomic E-state index is 10.4. The van der Waals surface area contributed by atoms with Crippen LogP contribution >= 0.6 is 0 Å². The number of carbonyl (C=O) groups is 1. The van der Waals surface area contributed by atoms with E-state index in [0.717, 1.165) is 5.56 Å². The van der Waals surface area contributed by atoms with E-state index in [-0.39, 0.29) is 35.6 Å². The molecule has 1 aromatic rings. The minimum Gasteiger partial charge on any atom is -0.480 e. The third-order valence-electron chi connectivity index (χ3n) is 1.90. The largest absolute Gasteiger partial charge is 0.480 e. The predicted molar refractivity (Wildman–Crippen MR) is 50.4 cm³/mol. The number of carboxylic acid groups (broad SMARTS) is 1. The Labute approximate surface area is 111 Å². The van der Waals surface area contributed by atoms with Gasteiger partial charge in [-0.1, -0.05) is 30.3 Å². The summed E-state index contributed by atoms with van der Waals surface area (Å²) in [6, 6.07) is 8.98. The maximum absolute atomic E-state index is 10.4. The first-order valence-electron chi connectivity index (χ1n) is 4.22. The summed E-state index contributed by atoms with van der Waals surface area (Å²) in [6.45, 7) is 0. The quantitative estimate of drug-likeness (QED) is 0.872. The summed E-state index contributed by atoms with van der Waals surface area (Å²) < 4.78 is 0. The van der Waals surface area contributed by atoms with Crippen molar-refractivity contribution in [1.29, 1.82) is 0 Å². The van der Waals surface area contributed by atoms with Crippen molar-refractivity contribution in [2.45, 2.75) is 18.9 Å². The Bertz CT molecular complexity index is 277. The van der Waals surface area contributed by atoms with Crippen LogP contribution in [-0.2, 0) is 11.2 Å². The predicted octanol–water partition coefficient (Wildman–Crippen LogP) is 1.03. The van der Waals surface area contributed by atoms with Crippen molar-refractivity contribution in [3.8, 4) is 0 Å². The smallest absolute Gasteiger partial charge is 0.320 e. The molecule has 1 aromatic carbocycles. The zero-order valence-electron chi connectivity index (χ0n) is 7.89. The molecule has 14 heavy (non-hydrogen) atoms. The number of carboxylic acids is 1. The summed E-state index contributed by atoms with van der Waals surface area (Å²) in [4.78, 5) is 10.4. The molecule has 3 nitrogen and oxygen atoms in total. The van der Waals surface area contributed by atoms with Crippen LogP contribution in [0.5, 0.6) is 0 Å². The molecule has 1 rings (SSSR count). The molecule has 73 valence electrons. The molecule has 0 heterocycles. The number of benzene rings is 1. The molecule has 0 fully saturated rings. The molecule has 0 saturated heterocycles. The zero-order valence-corrected chi connectivity index (χ0v) is 11.5. The molecule has 0 amide bonds. The van der Waals surface area contributed by atoms with Gasteiger partial charge < -0.3 is 10.8 Å². The van der Waals surface area contributed by atoms with E-state index in [0.29, 0.717) is 12.8 Å². The van der Waals surface area contributed by atoms with Gasteiger partial charge in [0.15, 0.2) is 0 Å². The van der Waals surface area contributed by atoms with E-state index in [2.05, 4.69) is 0 Å². The molecule has 0 spiro atoms. The molecule has 1 radical (unpaired) electrons. The first-order chi connectivity index (χ1) is 6.20. The van der Waals surface area contributed by atoms with Crippen molar-refractivity contribution in [2.75, 3.05) is 0 Å². The van der Waals surface area contributed by atoms with E-state index in [1.54, 1.807) is 0 Å². The Morgan fingerprint density at radius 2 is 1.93 bits per heavy atom. The zero-order chi connectivity index (χ0) is 9.68. The molecular formula is C10H13LaNO2. The van der Waals surface area contributed by atoms with Crippen LogP contribution in [0.2, 0.25) is 0 Å². The van der Waals surface area contributed by atoms with Gasteiger partial charge in [0.25, 0.3) is 0 Å². The van der Waals surface area contributed by atoms with Crippen LogP contribution in [-0.4, -0.2) is 17.1 Å². The monoisotopic (exact) mass is 318 g/mol. The van der Waals surface area contributed by atoms with E-state index in [4.69, 9.17) is 10.8 Å². The molecule has 4 heteroatoms. The first-order valence-corrected chi connectivity index (χ1v) is 4.22. The molecule has 3 N–H and O–H groups in total. The van der Waals surface area contributed by atoms with Gasteiger partial charge in [-0.05, 0) is 18.4 Å². The van der Waals surface area contributed by atoms with E-state index in [1.807, 2.05) is 30.3 Å². The molecule has 0 aromatic heterocycles. The van der Waals surface area contributed by atoms with Crippen molar-refractivity contribution >= 4 is 5.97 Å². The Morgan fingerprint density at radius 1 is 1.36 bits per heavy atom. The molecule has 0 aliphatic rings. The van der Waals surface area contributed by atoms with Crippen LogP contribution in [0.4, 0.5) is 0 Å². The average Bonchev–Trinajstić information content (AvgIpc) is 2.15. The normalized spacial score (nSPS) is 11.5. The molecule has 0 saturated carbocycles. The van der Waals surface area contributed by atoms with Crippen LogP contribution in [0.1, 0.15) is 12.0 Å². The summed E-state index contributed by atoms with van der Waals surface area (Å²) >= 11 is 0. The van der Waals surface area contributed by atoms with Gasteiger partial charge in [-0.25, -0.2) is 0 Å². The summed E-state index contributed by atoms with van der Waals surface area (Å²) in [7, 11) is 0. The minimum absolute atomic E-state index is 0. The molecule has 0 aliphatic heterocycles. The Kier molecular flexibility index (Phi) is 7.10. The van der Waals surface area contributed by atoms with Gasteiger partial charge in [-0.2, -0.15) is 0 Å². The van der Waals surface area contributed by atoms with Gasteiger partial charge >= 0.3 is 5.97 Å². The van der Waals surface area contributed by atoms with Crippen molar-refractivity contribution < 1.29 is 45.5 Å². The second-order valence-electron chi connectivity index (χ2n) is 2.97. The third kappa shape index (κ3) is 4.91. The Balaban J connectivity index is 0.00000169. The fraction of sp³-hybridized carbons (Fsp3) is 0.300. The van der Waals surface area contributed by atoms with Gasteiger partial charge in [0.1, 0.15) is 6.04 Å². The van der Waals surface area contributed by atoms with Crippen molar-refractivity contribution in [3.05, 3.63) is 35.9 Å². The standard InChI is InChI=1S/C10H13NO2.La/c11-9(10(12)13)7-6-8-4-2-1-3-5-8;/h1-5,9H,6-7,11H2,(H,12,13);. The van der Waals surface area contributed by atoms with E-state index >= 15 is 0 Å². The fourth-order valence-electron chi connectivity index (χ4n) is 1.09. The van der Waals surface area contributed by atoms with E-state index in [1.165, 1.54) is 0 Å². The number of nitrogens with two attached hydrogens (primary N) is 1. The fourth-order valence-corrected chi connectivity index (χ4v) is 1.09. The van der Waals surface area contributed by atoms with Gasteiger partial charge in [-0.3, -0.25) is 4.79 Å². The van der Waals surface area contributed by atoms with Crippen LogP contribution in [0.3, 0.4) is 0 Å². The Morgan fingerprint density at radius 3 is 2.43 bits per heavy atom. The molecular weight excluding hydrogens is 305 g/mol. The first kappa shape index (κ1) is 13.8. The third-order valence-corrected chi connectivity index (χ3v) is 1.90. The van der Waals surface area contributed by atoms with Crippen LogP contribution < -0.4 is 5.73 Å². The van der Waals surface area contributed by atoms with Gasteiger partial charge in [-0.15, -0.1) is 0 Å². The van der Waals surface area contributed by atoms with Gasteiger partial charge in [0.2, 0.25) is 0 Å². The van der Waals surface area contributed by atoms with Crippen LogP contribution in [0.25, 0.3) is 0 Å². The molecule has 0 aliphatic carbocycles. The van der Waals surface area contributed by atoms with Crippen molar-refractivity contribution in [1.82, 2.24) is 0 Å². The van der Waals surface area contributed by atoms with Crippen LogP contribution in [0, 0.1) is 35.6 Å². The Hall–Kier alpha value is -0.155. The number of aryl methyl sites for hydroxylation is 1. The number of hydrogen-bond donors (Lipinski definition) is 2. The maximum Gasteiger partial charge on any atom is 0.320 e. The minimum atomic E-state index is -0.934. The van der Waals surface area contributed by atoms with Gasteiger partial charge in [0, 0.05) is 35.6 Å². The number of rotatable bonds is 4. The molecule has 1 atom stereocenters. The summed E-state index contributed by atoms with van der Waals surface area (Å²) in [5, 5.41) is 8.54. The van der Waals surface area contributed by atoms with E-state index < -0.39 is 12.0 Å². The summed E-state index contributed by atoms with van der Waals surface area (Å²) in [6.07, 6.45) is 1.20. The van der Waals surface area contributed by atoms with Crippen molar-refractivity contribution in [3.63, 3.8) is 0 Å². The second kappa shape index (κ2) is 7.18. The second-order valence-corrected chi connectivity index (χ2v) is 2.97. The SMILES string of the molecule is NC(CCc1ccccc1)C(=O)O.[La]. The van der Waals surface area contributed by atoms with Crippen LogP contribution in [0.15, 0.2) is 30.3 Å². The summed E-state index contributed by atoms with van der Waals surface area (Å²) in [5.74, 6) is -0.934. The van der Waals surface area contributed by atoms with E-state index in [9.17, 15) is 4.79 Å². The molecule has 1 unspecified atom stereocenters. The average molecular weight is 318 g/mol. The van der Waals surface area contributed by atoms with Gasteiger partial charge in [0.05, 0.1) is 0 Å². The van der Waals surface area contributed by atoms with Crippen molar-refractivity contribution in [2.24, 2.45) is 5.73 Å². The summed E-state index contributed by atoms with van der Waals surface area (Å²) in [5.41, 5.74) is 6.49. The molecule has 0 bridgehead atoms.